The van der Waals surface area contributed by atoms with Gasteiger partial charge in [-0.2, -0.15) is 13.2 Å². The van der Waals surface area contributed by atoms with Gasteiger partial charge in [0.25, 0.3) is 5.91 Å². The van der Waals surface area contributed by atoms with E-state index in [9.17, 15) is 18.0 Å². The molecule has 4 rings (SSSR count). The quantitative estimate of drug-likeness (QED) is 0.923. The molecule has 2 saturated heterocycles. The van der Waals surface area contributed by atoms with E-state index >= 15 is 0 Å². The number of nitrogens with two attached hydrogens (primary N) is 1. The van der Waals surface area contributed by atoms with Crippen molar-refractivity contribution in [1.29, 1.82) is 0 Å². The minimum atomic E-state index is -4.53. The van der Waals surface area contributed by atoms with Crippen LogP contribution in [-0.4, -0.2) is 25.2 Å². The van der Waals surface area contributed by atoms with Gasteiger partial charge in [-0.1, -0.05) is 0 Å². The smallest absolute Gasteiger partial charge is 0.416 e. The molecule has 1 aromatic carbocycles. The molecule has 2 N–H and O–H groups in total. The van der Waals surface area contributed by atoms with Crippen LogP contribution in [0.4, 0.5) is 13.2 Å². The number of alkyl halides is 3. The molecule has 1 aromatic rings. The molecule has 3 aliphatic rings. The fourth-order valence-electron chi connectivity index (χ4n) is 3.25. The largest absolute Gasteiger partial charge is 0.492 e. The van der Waals surface area contributed by atoms with E-state index in [4.69, 9.17) is 15.2 Å². The maximum absolute atomic E-state index is 12.8. The summed E-state index contributed by atoms with van der Waals surface area (Å²) in [4.78, 5) is 11.5. The molecule has 0 atom stereocenters. The maximum Gasteiger partial charge on any atom is 0.416 e. The third kappa shape index (κ3) is 3.29. The number of carbonyl (C=O) groups is 1. The second-order valence-electron chi connectivity index (χ2n) is 6.37. The molecular weight excluding hydrogens is 311 g/mol. The van der Waals surface area contributed by atoms with Crippen LogP contribution >= 0.6 is 0 Å². The maximum atomic E-state index is 12.8. The summed E-state index contributed by atoms with van der Waals surface area (Å²) in [6.45, 7) is 0.898. The molecule has 0 radical (unpaired) electrons. The monoisotopic (exact) mass is 329 g/mol. The zero-order chi connectivity index (χ0) is 16.7. The molecule has 2 aliphatic heterocycles. The van der Waals surface area contributed by atoms with E-state index in [0.29, 0.717) is 19.3 Å². The summed E-state index contributed by atoms with van der Waals surface area (Å²) in [5.41, 5.74) is 3.91. The number of fused-ring (bicyclic) bond motifs is 3. The molecule has 0 spiro atoms. The van der Waals surface area contributed by atoms with Crippen LogP contribution < -0.4 is 10.5 Å². The van der Waals surface area contributed by atoms with Crippen LogP contribution in [0.1, 0.15) is 41.6 Å². The number of hydrogen-bond acceptors (Lipinski definition) is 3. The molecule has 2 heterocycles. The number of rotatable bonds is 4. The number of benzene rings is 1. The van der Waals surface area contributed by atoms with Crippen LogP contribution in [0.15, 0.2) is 18.2 Å². The molecule has 0 aromatic heterocycles. The second-order valence-corrected chi connectivity index (χ2v) is 6.37. The lowest BCUT2D eigenvalue weighted by molar-refractivity contribution is -0.137. The average Bonchev–Trinajstić information content (AvgIpc) is 2.53. The van der Waals surface area contributed by atoms with Gasteiger partial charge in [-0.3, -0.25) is 4.79 Å². The first kappa shape index (κ1) is 16.1. The van der Waals surface area contributed by atoms with Crippen molar-refractivity contribution in [2.75, 3.05) is 13.2 Å². The van der Waals surface area contributed by atoms with Gasteiger partial charge in [0.1, 0.15) is 5.75 Å². The average molecular weight is 329 g/mol. The Morgan fingerprint density at radius 3 is 2.57 bits per heavy atom. The Labute approximate surface area is 131 Å². The first-order valence-electron chi connectivity index (χ1n) is 7.55. The van der Waals surface area contributed by atoms with Crippen molar-refractivity contribution in [2.45, 2.75) is 38.0 Å². The van der Waals surface area contributed by atoms with Crippen LogP contribution in [0, 0.1) is 5.41 Å². The van der Waals surface area contributed by atoms with Crippen LogP contribution in [0.5, 0.6) is 5.75 Å². The molecular formula is C16H18F3NO3. The Morgan fingerprint density at radius 1 is 1.35 bits per heavy atom. The van der Waals surface area contributed by atoms with E-state index in [1.807, 2.05) is 0 Å². The molecule has 2 bridgehead atoms. The standard InChI is InChI=1S/C16H18F3NO3/c17-16(18,19)10-1-2-13(12(7-10)14(20)21)23-9-15-5-3-11(4-6-15)22-8-15/h1-2,7,11H,3-6,8-9H2,(H2,20,21). The second kappa shape index (κ2) is 5.70. The van der Waals surface area contributed by atoms with Crippen LogP contribution in [-0.2, 0) is 10.9 Å². The summed E-state index contributed by atoms with van der Waals surface area (Å²) in [5.74, 6) is -0.847. The fourth-order valence-corrected chi connectivity index (χ4v) is 3.25. The van der Waals surface area contributed by atoms with E-state index < -0.39 is 17.6 Å². The summed E-state index contributed by atoms with van der Waals surface area (Å²) in [7, 11) is 0. The molecule has 4 nitrogen and oxygen atoms in total. The highest BCUT2D eigenvalue weighted by molar-refractivity contribution is 5.95. The van der Waals surface area contributed by atoms with Crippen molar-refractivity contribution in [3.05, 3.63) is 29.3 Å². The van der Waals surface area contributed by atoms with Gasteiger partial charge in [0.2, 0.25) is 0 Å². The van der Waals surface area contributed by atoms with Crippen LogP contribution in [0.25, 0.3) is 0 Å². The molecule has 3 fully saturated rings. The van der Waals surface area contributed by atoms with E-state index in [1.54, 1.807) is 0 Å². The Balaban J connectivity index is 1.78. The van der Waals surface area contributed by atoms with E-state index in [2.05, 4.69) is 0 Å². The number of hydrogen-bond donors (Lipinski definition) is 1. The molecule has 126 valence electrons. The highest BCUT2D eigenvalue weighted by Crippen LogP contribution is 2.43. The number of primary amides is 1. The normalized spacial score (nSPS) is 27.0. The van der Waals surface area contributed by atoms with Gasteiger partial charge in [0, 0.05) is 5.41 Å². The van der Waals surface area contributed by atoms with E-state index in [1.165, 1.54) is 0 Å². The third-order valence-corrected chi connectivity index (χ3v) is 4.72. The number of amides is 1. The molecule has 1 aliphatic carbocycles. The van der Waals surface area contributed by atoms with Gasteiger partial charge in [-0.25, -0.2) is 0 Å². The predicted octanol–water partition coefficient (Wildman–Crippen LogP) is 3.14. The van der Waals surface area contributed by atoms with Crippen LogP contribution in [0.2, 0.25) is 0 Å². The van der Waals surface area contributed by atoms with Gasteiger partial charge in [0.15, 0.2) is 0 Å². The lowest BCUT2D eigenvalue weighted by atomic mass is 9.72. The summed E-state index contributed by atoms with van der Waals surface area (Å²) >= 11 is 0. The van der Waals surface area contributed by atoms with Gasteiger partial charge < -0.3 is 15.2 Å². The number of carbonyl (C=O) groups excluding carboxylic acids is 1. The zero-order valence-electron chi connectivity index (χ0n) is 12.5. The van der Waals surface area contributed by atoms with Crippen molar-refractivity contribution in [3.63, 3.8) is 0 Å². The SMILES string of the molecule is NC(=O)c1cc(C(F)(F)F)ccc1OCC12CCC(CC1)OC2. The third-order valence-electron chi connectivity index (χ3n) is 4.72. The molecule has 0 unspecified atom stereocenters. The Kier molecular flexibility index (Phi) is 4.00. The van der Waals surface area contributed by atoms with Crippen molar-refractivity contribution >= 4 is 5.91 Å². The number of ether oxygens (including phenoxy) is 2. The van der Waals surface area contributed by atoms with Crippen molar-refractivity contribution in [1.82, 2.24) is 0 Å². The summed E-state index contributed by atoms with van der Waals surface area (Å²) < 4.78 is 49.6. The van der Waals surface area contributed by atoms with Crippen molar-refractivity contribution in [2.24, 2.45) is 11.1 Å². The minimum Gasteiger partial charge on any atom is -0.492 e. The molecule has 1 saturated carbocycles. The molecule has 23 heavy (non-hydrogen) atoms. The first-order chi connectivity index (χ1) is 10.8. The van der Waals surface area contributed by atoms with Gasteiger partial charge >= 0.3 is 6.18 Å². The van der Waals surface area contributed by atoms with Crippen molar-refractivity contribution in [3.8, 4) is 5.75 Å². The van der Waals surface area contributed by atoms with Gasteiger partial charge in [-0.15, -0.1) is 0 Å². The highest BCUT2D eigenvalue weighted by atomic mass is 19.4. The summed E-state index contributed by atoms with van der Waals surface area (Å²) in [6, 6.07) is 2.80. The summed E-state index contributed by atoms with van der Waals surface area (Å²) in [6.07, 6.45) is -0.340. The van der Waals surface area contributed by atoms with E-state index in [0.717, 1.165) is 43.9 Å². The van der Waals surface area contributed by atoms with Crippen molar-refractivity contribution < 1.29 is 27.4 Å². The Hall–Kier alpha value is -1.76. The fraction of sp³-hybridized carbons (Fsp3) is 0.562. The molecule has 7 heteroatoms. The Bertz CT molecular complexity index is 593. The summed E-state index contributed by atoms with van der Waals surface area (Å²) in [5, 5.41) is 0. The highest BCUT2D eigenvalue weighted by Gasteiger charge is 2.42. The minimum absolute atomic E-state index is 0.0903. The lowest BCUT2D eigenvalue weighted by Crippen LogP contribution is -2.46. The van der Waals surface area contributed by atoms with Gasteiger partial charge in [0.05, 0.1) is 30.4 Å². The topological polar surface area (TPSA) is 61.6 Å². The van der Waals surface area contributed by atoms with Crippen LogP contribution in [0.3, 0.4) is 0 Å². The lowest BCUT2D eigenvalue weighted by Gasteiger charge is -2.45. The Morgan fingerprint density at radius 2 is 2.04 bits per heavy atom. The number of halogens is 3. The predicted molar refractivity (Wildman–Crippen MR) is 76.1 cm³/mol. The molecule has 1 amide bonds. The first-order valence-corrected chi connectivity index (χ1v) is 7.55. The van der Waals surface area contributed by atoms with Gasteiger partial charge in [-0.05, 0) is 43.9 Å². The zero-order valence-corrected chi connectivity index (χ0v) is 12.5. The van der Waals surface area contributed by atoms with E-state index in [-0.39, 0.29) is 16.7 Å².